The van der Waals surface area contributed by atoms with Gasteiger partial charge >= 0.3 is 5.97 Å². The molecule has 6 unspecified atom stereocenters. The van der Waals surface area contributed by atoms with Gasteiger partial charge in [0.2, 0.25) is 5.91 Å². The molecule has 0 spiro atoms. The molecule has 2 aliphatic heterocycles. The number of carboxylic acids is 1. The molecule has 0 aromatic carbocycles. The molecule has 4 N–H and O–H groups in total. The highest BCUT2D eigenvalue weighted by Gasteiger charge is 2.60. The number of nitrogens with two attached hydrogens (primary N) is 1. The number of hydrogen-bond donors (Lipinski definition) is 3. The Morgan fingerprint density at radius 1 is 1.38 bits per heavy atom. The van der Waals surface area contributed by atoms with Crippen LogP contribution < -0.4 is 5.73 Å². The quantitative estimate of drug-likeness (QED) is 0.608. The smallest absolute Gasteiger partial charge is 0.353 e. The fourth-order valence-electron chi connectivity index (χ4n) is 4.04. The van der Waals surface area contributed by atoms with Gasteiger partial charge in [-0.2, -0.15) is 0 Å². The van der Waals surface area contributed by atoms with E-state index in [9.17, 15) is 24.6 Å². The Labute approximate surface area is 144 Å². The van der Waals surface area contributed by atoms with E-state index in [0.29, 0.717) is 11.3 Å². The fraction of sp³-hybridized carbons (Fsp3) is 0.688. The number of nitrogens with zero attached hydrogens (tertiary/aromatic N) is 1. The summed E-state index contributed by atoms with van der Waals surface area (Å²) in [6, 6.07) is -1.09. The van der Waals surface area contributed by atoms with Crippen LogP contribution in [0.3, 0.4) is 0 Å². The lowest BCUT2D eigenvalue weighted by molar-refractivity contribution is -0.161. The normalized spacial score (nSPS) is 36.6. The first kappa shape index (κ1) is 17.4. The lowest BCUT2D eigenvalue weighted by Gasteiger charge is -2.46. The van der Waals surface area contributed by atoms with Crippen molar-refractivity contribution < 1.29 is 24.6 Å². The minimum absolute atomic E-state index is 0.0258. The lowest BCUT2D eigenvalue weighted by Crippen LogP contribution is -2.66. The van der Waals surface area contributed by atoms with E-state index in [1.807, 2.05) is 0 Å². The van der Waals surface area contributed by atoms with Crippen LogP contribution in [0.2, 0.25) is 0 Å². The van der Waals surface area contributed by atoms with Crippen LogP contribution in [0.4, 0.5) is 0 Å². The molecule has 3 aliphatic rings. The number of ketones is 1. The molecule has 24 heavy (non-hydrogen) atoms. The van der Waals surface area contributed by atoms with Crippen LogP contribution in [0, 0.1) is 11.8 Å². The summed E-state index contributed by atoms with van der Waals surface area (Å²) in [6.07, 6.45) is 1.48. The Morgan fingerprint density at radius 3 is 2.54 bits per heavy atom. The Hall–Kier alpha value is -1.38. The predicted octanol–water partition coefficient (Wildman–Crippen LogP) is 0.322. The molecule has 6 atom stereocenters. The number of aliphatic hydroxyl groups is 1. The third-order valence-corrected chi connectivity index (χ3v) is 6.79. The number of β-lactam (4-membered cyclic amide) rings is 1. The van der Waals surface area contributed by atoms with Crippen molar-refractivity contribution >= 4 is 29.4 Å². The van der Waals surface area contributed by atoms with Crippen molar-refractivity contribution in [2.45, 2.75) is 56.5 Å². The van der Waals surface area contributed by atoms with E-state index in [2.05, 4.69) is 0 Å². The molecule has 2 heterocycles. The number of Topliss-reactive ketones (excluding diaryl/α,β-unsaturated/α-hetero) is 1. The monoisotopic (exact) mass is 354 g/mol. The van der Waals surface area contributed by atoms with Gasteiger partial charge in [0, 0.05) is 16.1 Å². The van der Waals surface area contributed by atoms with E-state index in [-0.39, 0.29) is 28.6 Å². The molecule has 1 aliphatic carbocycles. The Morgan fingerprint density at radius 2 is 2.04 bits per heavy atom. The molecular formula is C16H22N2O5S. The standard InChI is InChI=1S/C16H22N2O5S/c1-6(19)8-3-4-9(5-8)24-14-11(17)12-10(7(2)20)15(21)18(12)13(14)16(22)23/h7-12,20H,3-5,17H2,1-2H3,(H,22,23). The first-order valence-electron chi connectivity index (χ1n) is 8.15. The molecule has 0 bridgehead atoms. The number of amides is 1. The van der Waals surface area contributed by atoms with E-state index in [1.165, 1.54) is 23.6 Å². The summed E-state index contributed by atoms with van der Waals surface area (Å²) in [5.41, 5.74) is 6.19. The van der Waals surface area contributed by atoms with Crippen LogP contribution in [0.1, 0.15) is 33.1 Å². The number of carboxylic acid groups (broad SMARTS) is 1. The van der Waals surface area contributed by atoms with Gasteiger partial charge in [0.15, 0.2) is 0 Å². The number of carbonyl (C=O) groups is 3. The summed E-state index contributed by atoms with van der Waals surface area (Å²) in [5, 5.41) is 19.5. The van der Waals surface area contributed by atoms with Crippen LogP contribution >= 0.6 is 11.8 Å². The van der Waals surface area contributed by atoms with Gasteiger partial charge in [-0.25, -0.2) is 4.79 Å². The summed E-state index contributed by atoms with van der Waals surface area (Å²) in [4.78, 5) is 37.2. The minimum atomic E-state index is -1.17. The van der Waals surface area contributed by atoms with Gasteiger partial charge in [-0.15, -0.1) is 11.8 Å². The van der Waals surface area contributed by atoms with Crippen LogP contribution in [-0.4, -0.2) is 56.2 Å². The first-order valence-corrected chi connectivity index (χ1v) is 9.03. The largest absolute Gasteiger partial charge is 0.477 e. The number of rotatable bonds is 5. The molecule has 3 rings (SSSR count). The summed E-state index contributed by atoms with van der Waals surface area (Å²) < 4.78 is 0. The number of fused-ring (bicyclic) bond motifs is 1. The third kappa shape index (κ3) is 2.57. The van der Waals surface area contributed by atoms with E-state index < -0.39 is 30.1 Å². The van der Waals surface area contributed by atoms with Gasteiger partial charge in [0.05, 0.1) is 24.1 Å². The van der Waals surface area contributed by atoms with Crippen molar-refractivity contribution in [1.82, 2.24) is 4.90 Å². The summed E-state index contributed by atoms with van der Waals surface area (Å²) in [7, 11) is 0. The molecule has 132 valence electrons. The van der Waals surface area contributed by atoms with Crippen molar-refractivity contribution in [2.24, 2.45) is 17.6 Å². The second-order valence-electron chi connectivity index (χ2n) is 6.87. The van der Waals surface area contributed by atoms with Gasteiger partial charge in [-0.05, 0) is 33.1 Å². The molecule has 1 amide bonds. The van der Waals surface area contributed by atoms with E-state index >= 15 is 0 Å². The van der Waals surface area contributed by atoms with Crippen molar-refractivity contribution in [1.29, 1.82) is 0 Å². The molecule has 1 saturated carbocycles. The molecule has 2 fully saturated rings. The van der Waals surface area contributed by atoms with Crippen LogP contribution in [0.25, 0.3) is 0 Å². The SMILES string of the molecule is CC(=O)C1CCC(SC2=C(C(=O)O)N3C(=O)C(C(C)O)C3C2N)C1. The average Bonchev–Trinajstić information content (AvgIpc) is 3.03. The van der Waals surface area contributed by atoms with Crippen molar-refractivity contribution in [2.75, 3.05) is 0 Å². The second kappa shape index (κ2) is 6.16. The second-order valence-corrected chi connectivity index (χ2v) is 8.21. The maximum Gasteiger partial charge on any atom is 0.353 e. The van der Waals surface area contributed by atoms with Gasteiger partial charge < -0.3 is 15.9 Å². The van der Waals surface area contributed by atoms with Gasteiger partial charge in [-0.1, -0.05) is 0 Å². The van der Waals surface area contributed by atoms with Crippen molar-refractivity contribution in [3.63, 3.8) is 0 Å². The molecule has 0 aromatic heterocycles. The Balaban J connectivity index is 1.83. The Kier molecular flexibility index (Phi) is 4.48. The molecule has 1 saturated heterocycles. The minimum Gasteiger partial charge on any atom is -0.477 e. The third-order valence-electron chi connectivity index (χ3n) is 5.31. The Bertz CT molecular complexity index is 632. The van der Waals surface area contributed by atoms with Crippen molar-refractivity contribution in [3.05, 3.63) is 10.6 Å². The topological polar surface area (TPSA) is 121 Å². The molecule has 0 aromatic rings. The summed E-state index contributed by atoms with van der Waals surface area (Å²) >= 11 is 1.39. The number of aliphatic hydroxyl groups excluding tert-OH is 1. The first-order chi connectivity index (χ1) is 11.2. The van der Waals surface area contributed by atoms with E-state index in [1.54, 1.807) is 6.92 Å². The maximum absolute atomic E-state index is 12.2. The summed E-state index contributed by atoms with van der Waals surface area (Å²) in [6.45, 7) is 3.10. The van der Waals surface area contributed by atoms with E-state index in [0.717, 1.165) is 12.8 Å². The number of aliphatic carboxylic acids is 1. The zero-order chi connectivity index (χ0) is 17.8. The highest BCUT2D eigenvalue weighted by atomic mass is 32.2. The highest BCUT2D eigenvalue weighted by molar-refractivity contribution is 8.03. The maximum atomic E-state index is 12.2. The predicted molar refractivity (Wildman–Crippen MR) is 87.8 cm³/mol. The van der Waals surface area contributed by atoms with Gasteiger partial charge in [0.25, 0.3) is 0 Å². The zero-order valence-electron chi connectivity index (χ0n) is 13.6. The molecule has 8 heteroatoms. The molecule has 0 radical (unpaired) electrons. The number of carbonyl (C=O) groups excluding carboxylic acids is 2. The summed E-state index contributed by atoms with van der Waals surface area (Å²) in [5.74, 6) is -2.02. The average molecular weight is 354 g/mol. The zero-order valence-corrected chi connectivity index (χ0v) is 14.5. The van der Waals surface area contributed by atoms with Crippen LogP contribution in [0.5, 0.6) is 0 Å². The molecular weight excluding hydrogens is 332 g/mol. The lowest BCUT2D eigenvalue weighted by atomic mass is 9.81. The molecule has 7 nitrogen and oxygen atoms in total. The van der Waals surface area contributed by atoms with E-state index in [4.69, 9.17) is 5.73 Å². The fourth-order valence-corrected chi connectivity index (χ4v) is 5.57. The van der Waals surface area contributed by atoms with Crippen molar-refractivity contribution in [3.8, 4) is 0 Å². The van der Waals surface area contributed by atoms with Gasteiger partial charge in [-0.3, -0.25) is 14.5 Å². The van der Waals surface area contributed by atoms with Crippen LogP contribution in [0.15, 0.2) is 10.6 Å². The highest BCUT2D eigenvalue weighted by Crippen LogP contribution is 2.49. The number of thioether (sulfide) groups is 1. The number of hydrogen-bond acceptors (Lipinski definition) is 6. The van der Waals surface area contributed by atoms with Gasteiger partial charge in [0.1, 0.15) is 11.5 Å². The van der Waals surface area contributed by atoms with Crippen LogP contribution in [-0.2, 0) is 14.4 Å².